The van der Waals surface area contributed by atoms with Crippen LogP contribution in [0.25, 0.3) is 0 Å². The normalized spacial score (nSPS) is 12.1. The van der Waals surface area contributed by atoms with E-state index in [4.69, 9.17) is 0 Å². The molecule has 0 aromatic carbocycles. The van der Waals surface area contributed by atoms with Gasteiger partial charge in [0.1, 0.15) is 0 Å². The molecular formula is C11H12N2O5. The van der Waals surface area contributed by atoms with Gasteiger partial charge in [0, 0.05) is 6.20 Å². The molecule has 0 saturated heterocycles. The number of hydrogen-bond donors (Lipinski definition) is 1. The fraction of sp³-hybridized carbons (Fsp3) is 0.182. The zero-order valence-corrected chi connectivity index (χ0v) is 9.86. The van der Waals surface area contributed by atoms with Crippen molar-refractivity contribution in [2.75, 3.05) is 14.2 Å². The molecule has 0 atom stereocenters. The number of esters is 2. The van der Waals surface area contributed by atoms with Crippen LogP contribution in [-0.4, -0.2) is 36.1 Å². The maximum absolute atomic E-state index is 11.4. The van der Waals surface area contributed by atoms with Crippen LogP contribution >= 0.6 is 0 Å². The predicted octanol–water partition coefficient (Wildman–Crippen LogP) is -0.144. The maximum atomic E-state index is 11.4. The first kappa shape index (κ1) is 13.5. The van der Waals surface area contributed by atoms with E-state index in [1.807, 2.05) is 0 Å². The van der Waals surface area contributed by atoms with Crippen molar-refractivity contribution < 1.29 is 24.3 Å². The molecule has 7 nitrogen and oxygen atoms in total. The van der Waals surface area contributed by atoms with Crippen LogP contribution in [-0.2, 0) is 19.1 Å². The number of rotatable bonds is 3. The molecule has 7 heteroatoms. The second-order valence-corrected chi connectivity index (χ2v) is 3.06. The summed E-state index contributed by atoms with van der Waals surface area (Å²) in [6.07, 6.45) is 2.20. The first-order valence-corrected chi connectivity index (χ1v) is 4.88. The smallest absolute Gasteiger partial charge is 0.357 e. The number of carbonyl (C=O) groups excluding carboxylic acids is 2. The Morgan fingerprint density at radius 1 is 1.33 bits per heavy atom. The van der Waals surface area contributed by atoms with Crippen LogP contribution in [0.15, 0.2) is 41.2 Å². The average Bonchev–Trinajstić information content (AvgIpc) is 2.39. The monoisotopic (exact) mass is 252 g/mol. The maximum Gasteiger partial charge on any atom is 0.357 e. The average molecular weight is 252 g/mol. The molecule has 1 heterocycles. The van der Waals surface area contributed by atoms with Gasteiger partial charge in [-0.05, 0) is 12.1 Å². The lowest BCUT2D eigenvalue weighted by Gasteiger charge is -2.01. The molecule has 1 N–H and O–H groups in total. The van der Waals surface area contributed by atoms with E-state index in [1.54, 1.807) is 12.1 Å². The Bertz CT molecular complexity index is 544. The van der Waals surface area contributed by atoms with Crippen LogP contribution in [0.1, 0.15) is 0 Å². The van der Waals surface area contributed by atoms with Crippen LogP contribution in [0.4, 0.5) is 0 Å². The Labute approximate surface area is 103 Å². The van der Waals surface area contributed by atoms with Crippen molar-refractivity contribution >= 4 is 11.9 Å². The molecule has 18 heavy (non-hydrogen) atoms. The van der Waals surface area contributed by atoms with Gasteiger partial charge in [-0.15, -0.1) is 0 Å². The Hall–Kier alpha value is -2.57. The Kier molecular flexibility index (Phi) is 4.67. The summed E-state index contributed by atoms with van der Waals surface area (Å²) in [5, 5.41) is 9.43. The number of methoxy groups -OCH3 is 2. The molecule has 1 aromatic heterocycles. The summed E-state index contributed by atoms with van der Waals surface area (Å²) in [7, 11) is 2.32. The zero-order valence-electron chi connectivity index (χ0n) is 9.86. The summed E-state index contributed by atoms with van der Waals surface area (Å²) in [5.41, 5.74) is -0.212. The molecule has 0 amide bonds. The fourth-order valence-corrected chi connectivity index (χ4v) is 1.05. The van der Waals surface area contributed by atoms with Crippen LogP contribution in [0.5, 0.6) is 0 Å². The van der Waals surface area contributed by atoms with Crippen LogP contribution in [0.3, 0.4) is 0 Å². The fourth-order valence-electron chi connectivity index (χ4n) is 1.05. The third-order valence-electron chi connectivity index (χ3n) is 1.90. The zero-order chi connectivity index (χ0) is 13.5. The van der Waals surface area contributed by atoms with Gasteiger partial charge in [0.2, 0.25) is 0 Å². The Morgan fingerprint density at radius 3 is 2.61 bits per heavy atom. The van der Waals surface area contributed by atoms with E-state index in [9.17, 15) is 14.8 Å². The highest BCUT2D eigenvalue weighted by Gasteiger charge is 2.11. The number of hydrogen-bond acceptors (Lipinski definition) is 6. The van der Waals surface area contributed by atoms with E-state index in [2.05, 4.69) is 14.5 Å². The summed E-state index contributed by atoms with van der Waals surface area (Å²) in [6, 6.07) is 4.63. The van der Waals surface area contributed by atoms with Gasteiger partial charge < -0.3 is 14.7 Å². The van der Waals surface area contributed by atoms with Gasteiger partial charge in [-0.25, -0.2) is 14.6 Å². The lowest BCUT2D eigenvalue weighted by Crippen LogP contribution is -2.19. The highest BCUT2D eigenvalue weighted by Crippen LogP contribution is 1.99. The first-order chi connectivity index (χ1) is 8.58. The molecule has 0 aliphatic carbocycles. The van der Waals surface area contributed by atoms with Gasteiger partial charge in [0.25, 0.3) is 0 Å². The van der Waals surface area contributed by atoms with E-state index >= 15 is 0 Å². The van der Waals surface area contributed by atoms with E-state index in [0.29, 0.717) is 4.73 Å². The molecule has 0 spiro atoms. The van der Waals surface area contributed by atoms with E-state index in [1.165, 1.54) is 19.4 Å². The second-order valence-electron chi connectivity index (χ2n) is 3.06. The molecule has 1 rings (SSSR count). The van der Waals surface area contributed by atoms with Crippen LogP contribution in [0, 0.1) is 0 Å². The summed E-state index contributed by atoms with van der Waals surface area (Å²) in [6.45, 7) is 0. The predicted molar refractivity (Wildman–Crippen MR) is 59.3 cm³/mol. The lowest BCUT2D eigenvalue weighted by molar-refractivity contribution is -0.138. The first-order valence-electron chi connectivity index (χ1n) is 4.88. The molecule has 0 unspecified atom stereocenters. The van der Waals surface area contributed by atoms with Gasteiger partial charge in [-0.2, -0.15) is 4.73 Å². The van der Waals surface area contributed by atoms with Gasteiger partial charge >= 0.3 is 11.9 Å². The Balaban J connectivity index is 3.26. The lowest BCUT2D eigenvalue weighted by atomic mass is 10.4. The van der Waals surface area contributed by atoms with Crippen molar-refractivity contribution in [2.45, 2.75) is 0 Å². The SMILES string of the molecule is COC(=O)/C=C(\N=c1ccccn1O)C(=O)OC. The topological polar surface area (TPSA) is 90.1 Å². The number of aromatic nitrogens is 1. The van der Waals surface area contributed by atoms with Gasteiger partial charge in [0.15, 0.2) is 11.2 Å². The molecule has 0 radical (unpaired) electrons. The summed E-state index contributed by atoms with van der Waals surface area (Å²) >= 11 is 0. The minimum absolute atomic E-state index is 0.0676. The van der Waals surface area contributed by atoms with Gasteiger partial charge in [-0.1, -0.05) is 6.07 Å². The third-order valence-corrected chi connectivity index (χ3v) is 1.90. The van der Waals surface area contributed by atoms with Crippen molar-refractivity contribution in [1.82, 2.24) is 4.73 Å². The molecule has 0 bridgehead atoms. The van der Waals surface area contributed by atoms with Crippen molar-refractivity contribution in [3.05, 3.63) is 41.7 Å². The van der Waals surface area contributed by atoms with E-state index in [-0.39, 0.29) is 11.2 Å². The largest absolute Gasteiger partial charge is 0.466 e. The third kappa shape index (κ3) is 3.48. The van der Waals surface area contributed by atoms with Crippen molar-refractivity contribution in [1.29, 1.82) is 0 Å². The van der Waals surface area contributed by atoms with Crippen molar-refractivity contribution in [3.63, 3.8) is 0 Å². The minimum Gasteiger partial charge on any atom is -0.466 e. The highest BCUT2D eigenvalue weighted by atomic mass is 16.5. The number of nitrogens with zero attached hydrogens (tertiary/aromatic N) is 2. The molecule has 0 saturated carbocycles. The van der Waals surface area contributed by atoms with Gasteiger partial charge in [-0.3, -0.25) is 0 Å². The van der Waals surface area contributed by atoms with Crippen molar-refractivity contribution in [2.24, 2.45) is 4.99 Å². The van der Waals surface area contributed by atoms with Gasteiger partial charge in [0.05, 0.1) is 20.3 Å². The number of carbonyl (C=O) groups is 2. The summed E-state index contributed by atoms with van der Waals surface area (Å²) in [4.78, 5) is 26.3. The summed E-state index contributed by atoms with van der Waals surface area (Å²) in [5.74, 6) is -1.57. The van der Waals surface area contributed by atoms with E-state index in [0.717, 1.165) is 13.2 Å². The van der Waals surface area contributed by atoms with Crippen LogP contribution < -0.4 is 5.49 Å². The standard InChI is InChI=1S/C11H12N2O5/c1-17-10(14)7-8(11(15)18-2)12-9-5-3-4-6-13(9)16/h3-7,16H,1-2H3/b8-7-,12-9?. The quantitative estimate of drug-likeness (QED) is 0.459. The second kappa shape index (κ2) is 6.24. The molecule has 1 aromatic rings. The highest BCUT2D eigenvalue weighted by molar-refractivity contribution is 5.95. The molecule has 0 fully saturated rings. The molecule has 0 aliphatic rings. The minimum atomic E-state index is -0.816. The summed E-state index contributed by atoms with van der Waals surface area (Å²) < 4.78 is 9.56. The number of ether oxygens (including phenoxy) is 2. The van der Waals surface area contributed by atoms with E-state index < -0.39 is 11.9 Å². The number of pyridine rings is 1. The molecule has 96 valence electrons. The van der Waals surface area contributed by atoms with Crippen LogP contribution in [0.2, 0.25) is 0 Å². The van der Waals surface area contributed by atoms with Crippen molar-refractivity contribution in [3.8, 4) is 0 Å². The Morgan fingerprint density at radius 2 is 2.06 bits per heavy atom. The molecule has 0 aliphatic heterocycles. The molecular weight excluding hydrogens is 240 g/mol.